The summed E-state index contributed by atoms with van der Waals surface area (Å²) in [5.74, 6) is -0.0731. The number of non-ortho nitro benzene ring substituents is 1. The highest BCUT2D eigenvalue weighted by Crippen LogP contribution is 2.29. The van der Waals surface area contributed by atoms with Gasteiger partial charge in [-0.05, 0) is 25.1 Å². The fourth-order valence-electron chi connectivity index (χ4n) is 2.26. The van der Waals surface area contributed by atoms with E-state index in [1.807, 2.05) is 0 Å². The zero-order valence-electron chi connectivity index (χ0n) is 14.4. The molecule has 1 heterocycles. The first-order valence-corrected chi connectivity index (χ1v) is 9.60. The van der Waals surface area contributed by atoms with Gasteiger partial charge in [-0.3, -0.25) is 20.2 Å². The average Bonchev–Trinajstić information content (AvgIpc) is 3.12. The second-order valence-corrected chi connectivity index (χ2v) is 7.37. The summed E-state index contributed by atoms with van der Waals surface area (Å²) in [6.45, 7) is 1.58. The number of amides is 1. The molecular formula is C18H13Cl2N3O4S. The third kappa shape index (κ3) is 4.78. The number of ether oxygens (including phenoxy) is 1. The van der Waals surface area contributed by atoms with Crippen molar-refractivity contribution >= 4 is 51.3 Å². The number of hydrogen-bond acceptors (Lipinski definition) is 6. The van der Waals surface area contributed by atoms with Gasteiger partial charge in [0.2, 0.25) is 0 Å². The van der Waals surface area contributed by atoms with E-state index in [-0.39, 0.29) is 5.69 Å². The van der Waals surface area contributed by atoms with Crippen LogP contribution in [-0.2, 0) is 4.79 Å². The Morgan fingerprint density at radius 2 is 2.07 bits per heavy atom. The number of aromatic nitrogens is 1. The quantitative estimate of drug-likeness (QED) is 0.409. The first-order valence-electron chi connectivity index (χ1n) is 7.96. The largest absolute Gasteiger partial charge is 0.479 e. The summed E-state index contributed by atoms with van der Waals surface area (Å²) in [6, 6.07) is 10.8. The molecule has 2 aromatic carbocycles. The van der Waals surface area contributed by atoms with Crippen molar-refractivity contribution in [1.82, 2.24) is 4.98 Å². The molecule has 0 aliphatic heterocycles. The van der Waals surface area contributed by atoms with E-state index in [0.717, 1.165) is 0 Å². The van der Waals surface area contributed by atoms with Crippen LogP contribution in [0, 0.1) is 10.1 Å². The van der Waals surface area contributed by atoms with Crippen LogP contribution in [0.3, 0.4) is 0 Å². The first-order chi connectivity index (χ1) is 13.3. The van der Waals surface area contributed by atoms with E-state index in [2.05, 4.69) is 10.3 Å². The minimum Gasteiger partial charge on any atom is -0.479 e. The van der Waals surface area contributed by atoms with Gasteiger partial charge in [0, 0.05) is 28.1 Å². The van der Waals surface area contributed by atoms with Crippen molar-refractivity contribution < 1.29 is 14.5 Å². The molecule has 3 aromatic rings. The summed E-state index contributed by atoms with van der Waals surface area (Å²) in [6.07, 6.45) is -0.830. The van der Waals surface area contributed by atoms with Gasteiger partial charge in [-0.1, -0.05) is 35.3 Å². The number of carbonyl (C=O) groups is 1. The number of anilines is 1. The van der Waals surface area contributed by atoms with Crippen LogP contribution in [0.4, 0.5) is 10.8 Å². The Bertz CT molecular complexity index is 1040. The van der Waals surface area contributed by atoms with E-state index in [1.54, 1.807) is 36.6 Å². The summed E-state index contributed by atoms with van der Waals surface area (Å²) < 4.78 is 5.57. The van der Waals surface area contributed by atoms with Crippen molar-refractivity contribution in [1.29, 1.82) is 0 Å². The molecule has 0 saturated carbocycles. The van der Waals surface area contributed by atoms with Crippen LogP contribution in [0.15, 0.2) is 47.8 Å². The molecule has 1 N–H and O–H groups in total. The number of halogens is 2. The fourth-order valence-corrected chi connectivity index (χ4v) is 3.44. The molecule has 1 amide bonds. The Morgan fingerprint density at radius 1 is 1.29 bits per heavy atom. The predicted molar refractivity (Wildman–Crippen MR) is 109 cm³/mol. The monoisotopic (exact) mass is 437 g/mol. The molecule has 0 spiro atoms. The molecule has 0 aliphatic carbocycles. The molecule has 1 unspecified atom stereocenters. The summed E-state index contributed by atoms with van der Waals surface area (Å²) in [7, 11) is 0. The van der Waals surface area contributed by atoms with Crippen LogP contribution in [-0.4, -0.2) is 21.9 Å². The number of nitro groups is 1. The van der Waals surface area contributed by atoms with E-state index in [1.165, 1.54) is 29.5 Å². The molecule has 0 radical (unpaired) electrons. The van der Waals surface area contributed by atoms with Crippen molar-refractivity contribution in [3.05, 3.63) is 68.0 Å². The Morgan fingerprint density at radius 3 is 2.79 bits per heavy atom. The minimum absolute atomic E-state index is 0.0297. The van der Waals surface area contributed by atoms with E-state index in [4.69, 9.17) is 27.9 Å². The summed E-state index contributed by atoms with van der Waals surface area (Å²) in [5, 5.41) is 16.4. The standard InChI is InChI=1S/C18H13Cl2N3O4S/c1-10(27-16-6-5-12(19)8-14(16)20)17(24)22-18-21-15(9-28-18)11-3-2-4-13(7-11)23(25)26/h2-10H,1H3,(H,21,22,24). The van der Waals surface area contributed by atoms with Crippen molar-refractivity contribution in [3.63, 3.8) is 0 Å². The molecule has 0 bridgehead atoms. The maximum atomic E-state index is 12.4. The first kappa shape index (κ1) is 20.1. The van der Waals surface area contributed by atoms with Crippen LogP contribution in [0.5, 0.6) is 5.75 Å². The van der Waals surface area contributed by atoms with Gasteiger partial charge in [-0.15, -0.1) is 11.3 Å². The highest BCUT2D eigenvalue weighted by molar-refractivity contribution is 7.14. The molecule has 10 heteroatoms. The van der Waals surface area contributed by atoms with Crippen molar-refractivity contribution in [2.24, 2.45) is 0 Å². The molecule has 3 rings (SSSR count). The van der Waals surface area contributed by atoms with E-state index in [0.29, 0.717) is 32.2 Å². The van der Waals surface area contributed by atoms with Crippen LogP contribution < -0.4 is 10.1 Å². The number of nitrogens with one attached hydrogen (secondary N) is 1. The van der Waals surface area contributed by atoms with E-state index in [9.17, 15) is 14.9 Å². The van der Waals surface area contributed by atoms with Gasteiger partial charge < -0.3 is 4.74 Å². The Hall–Kier alpha value is -2.68. The number of rotatable bonds is 6. The maximum absolute atomic E-state index is 12.4. The van der Waals surface area contributed by atoms with E-state index >= 15 is 0 Å². The average molecular weight is 438 g/mol. The van der Waals surface area contributed by atoms with Gasteiger partial charge >= 0.3 is 0 Å². The minimum atomic E-state index is -0.830. The fraction of sp³-hybridized carbons (Fsp3) is 0.111. The van der Waals surface area contributed by atoms with Crippen LogP contribution in [0.25, 0.3) is 11.3 Å². The lowest BCUT2D eigenvalue weighted by Crippen LogP contribution is -2.30. The summed E-state index contributed by atoms with van der Waals surface area (Å²) in [4.78, 5) is 27.1. The summed E-state index contributed by atoms with van der Waals surface area (Å²) >= 11 is 13.1. The lowest BCUT2D eigenvalue weighted by atomic mass is 10.1. The lowest BCUT2D eigenvalue weighted by molar-refractivity contribution is -0.384. The van der Waals surface area contributed by atoms with Crippen LogP contribution in [0.2, 0.25) is 10.0 Å². The molecule has 0 aliphatic rings. The van der Waals surface area contributed by atoms with E-state index < -0.39 is 16.9 Å². The van der Waals surface area contributed by atoms with Crippen LogP contribution >= 0.6 is 34.5 Å². The SMILES string of the molecule is CC(Oc1ccc(Cl)cc1Cl)C(=O)Nc1nc(-c2cccc([N+](=O)[O-])c2)cs1. The number of hydrogen-bond donors (Lipinski definition) is 1. The highest BCUT2D eigenvalue weighted by Gasteiger charge is 2.18. The Kier molecular flexibility index (Phi) is 6.13. The number of benzene rings is 2. The Labute approximate surface area is 174 Å². The normalized spacial score (nSPS) is 11.7. The second-order valence-electron chi connectivity index (χ2n) is 5.67. The van der Waals surface area contributed by atoms with Gasteiger partial charge in [0.15, 0.2) is 11.2 Å². The number of thiazole rings is 1. The van der Waals surface area contributed by atoms with Gasteiger partial charge in [-0.2, -0.15) is 0 Å². The third-order valence-corrected chi connectivity index (χ3v) is 4.94. The second kappa shape index (κ2) is 8.55. The number of nitro benzene ring substituents is 1. The number of carbonyl (C=O) groups excluding carboxylic acids is 1. The van der Waals surface area contributed by atoms with Crippen molar-refractivity contribution in [3.8, 4) is 17.0 Å². The van der Waals surface area contributed by atoms with Crippen LogP contribution in [0.1, 0.15) is 6.92 Å². The lowest BCUT2D eigenvalue weighted by Gasteiger charge is -2.14. The predicted octanol–water partition coefficient (Wildman–Crippen LogP) is 5.43. The molecule has 1 aromatic heterocycles. The molecule has 0 fully saturated rings. The highest BCUT2D eigenvalue weighted by atomic mass is 35.5. The molecular weight excluding hydrogens is 425 g/mol. The van der Waals surface area contributed by atoms with Gasteiger partial charge in [0.25, 0.3) is 11.6 Å². The smallest absolute Gasteiger partial charge is 0.270 e. The van der Waals surface area contributed by atoms with Gasteiger partial charge in [0.1, 0.15) is 5.75 Å². The summed E-state index contributed by atoms with van der Waals surface area (Å²) in [5.41, 5.74) is 1.08. The zero-order valence-corrected chi connectivity index (χ0v) is 16.7. The molecule has 7 nitrogen and oxygen atoms in total. The zero-order chi connectivity index (χ0) is 20.3. The third-order valence-electron chi connectivity index (χ3n) is 3.65. The molecule has 28 heavy (non-hydrogen) atoms. The Balaban J connectivity index is 1.68. The van der Waals surface area contributed by atoms with Gasteiger partial charge in [-0.25, -0.2) is 4.98 Å². The van der Waals surface area contributed by atoms with Crippen molar-refractivity contribution in [2.75, 3.05) is 5.32 Å². The molecule has 0 saturated heterocycles. The maximum Gasteiger partial charge on any atom is 0.270 e. The number of nitrogens with zero attached hydrogens (tertiary/aromatic N) is 2. The molecule has 1 atom stereocenters. The van der Waals surface area contributed by atoms with Gasteiger partial charge in [0.05, 0.1) is 15.6 Å². The molecule has 144 valence electrons. The van der Waals surface area contributed by atoms with Crippen molar-refractivity contribution in [2.45, 2.75) is 13.0 Å². The topological polar surface area (TPSA) is 94.4 Å².